The number of para-hydroxylation sites is 1. The third-order valence-electron chi connectivity index (χ3n) is 2.12. The van der Waals surface area contributed by atoms with Crippen LogP contribution in [0.1, 0.15) is 11.6 Å². The van der Waals surface area contributed by atoms with Crippen molar-refractivity contribution < 1.29 is 13.2 Å². The van der Waals surface area contributed by atoms with Gasteiger partial charge < -0.3 is 0 Å². The van der Waals surface area contributed by atoms with Gasteiger partial charge in [0, 0.05) is 5.69 Å². The molecule has 90 valence electrons. The maximum absolute atomic E-state index is 12.7. The van der Waals surface area contributed by atoms with Crippen molar-refractivity contribution in [1.82, 2.24) is 14.8 Å². The molecule has 1 aromatic carbocycles. The molecular formula is C10H7ClF3N3. The Morgan fingerprint density at radius 1 is 1.12 bits per heavy atom. The van der Waals surface area contributed by atoms with Crippen molar-refractivity contribution in [2.24, 2.45) is 0 Å². The molecule has 17 heavy (non-hydrogen) atoms. The second kappa shape index (κ2) is 4.37. The highest BCUT2D eigenvalue weighted by atomic mass is 35.5. The minimum Gasteiger partial charge on any atom is -0.274 e. The molecule has 7 heteroatoms. The van der Waals surface area contributed by atoms with Crippen LogP contribution in [0, 0.1) is 0 Å². The summed E-state index contributed by atoms with van der Waals surface area (Å²) in [7, 11) is 0. The van der Waals surface area contributed by atoms with E-state index >= 15 is 0 Å². The monoisotopic (exact) mass is 261 g/mol. The molecular weight excluding hydrogens is 255 g/mol. The van der Waals surface area contributed by atoms with Gasteiger partial charge in [0.1, 0.15) is 0 Å². The lowest BCUT2D eigenvalue weighted by atomic mass is 10.3. The molecule has 0 bridgehead atoms. The largest absolute Gasteiger partial charge is 0.452 e. The molecule has 0 aliphatic heterocycles. The van der Waals surface area contributed by atoms with Gasteiger partial charge in [0.15, 0.2) is 5.82 Å². The summed E-state index contributed by atoms with van der Waals surface area (Å²) in [5, 5.41) is 6.58. The van der Waals surface area contributed by atoms with E-state index in [2.05, 4.69) is 10.2 Å². The lowest BCUT2D eigenvalue weighted by Gasteiger charge is -2.10. The van der Waals surface area contributed by atoms with Crippen LogP contribution in [0.25, 0.3) is 5.69 Å². The molecule has 0 unspecified atom stereocenters. The number of halogens is 4. The molecule has 0 N–H and O–H groups in total. The van der Waals surface area contributed by atoms with Crippen molar-refractivity contribution in [3.05, 3.63) is 42.0 Å². The van der Waals surface area contributed by atoms with Gasteiger partial charge in [-0.05, 0) is 12.1 Å². The van der Waals surface area contributed by atoms with Crippen LogP contribution in [-0.4, -0.2) is 14.8 Å². The van der Waals surface area contributed by atoms with E-state index in [1.54, 1.807) is 18.2 Å². The average molecular weight is 262 g/mol. The third kappa shape index (κ3) is 2.26. The number of rotatable bonds is 2. The number of alkyl halides is 4. The first kappa shape index (κ1) is 11.9. The smallest absolute Gasteiger partial charge is 0.274 e. The average Bonchev–Trinajstić information content (AvgIpc) is 2.73. The van der Waals surface area contributed by atoms with Crippen LogP contribution in [0.15, 0.2) is 30.3 Å². The topological polar surface area (TPSA) is 30.7 Å². The van der Waals surface area contributed by atoms with E-state index in [4.69, 9.17) is 11.6 Å². The summed E-state index contributed by atoms with van der Waals surface area (Å²) in [4.78, 5) is 0. The van der Waals surface area contributed by atoms with E-state index in [1.807, 2.05) is 0 Å². The number of nitrogens with zero attached hydrogens (tertiary/aromatic N) is 3. The number of benzene rings is 1. The molecule has 0 spiro atoms. The highest BCUT2D eigenvalue weighted by Gasteiger charge is 2.38. The molecule has 0 radical (unpaired) electrons. The summed E-state index contributed by atoms with van der Waals surface area (Å²) < 4.78 is 39.1. The predicted molar refractivity (Wildman–Crippen MR) is 55.9 cm³/mol. The zero-order chi connectivity index (χ0) is 12.5. The van der Waals surface area contributed by atoms with Crippen molar-refractivity contribution in [2.75, 3.05) is 0 Å². The zero-order valence-electron chi connectivity index (χ0n) is 8.45. The van der Waals surface area contributed by atoms with Crippen LogP contribution in [0.2, 0.25) is 0 Å². The van der Waals surface area contributed by atoms with Gasteiger partial charge in [-0.15, -0.1) is 21.8 Å². The van der Waals surface area contributed by atoms with Gasteiger partial charge in [0.25, 0.3) is 0 Å². The summed E-state index contributed by atoms with van der Waals surface area (Å²) in [6.45, 7) is 0. The van der Waals surface area contributed by atoms with Crippen LogP contribution in [0.3, 0.4) is 0 Å². The molecule has 0 atom stereocenters. The maximum Gasteiger partial charge on any atom is 0.452 e. The summed E-state index contributed by atoms with van der Waals surface area (Å²) in [6, 6.07) is 8.05. The SMILES string of the molecule is FC(F)(F)c1nnc(CCl)n1-c1ccccc1. The highest BCUT2D eigenvalue weighted by Crippen LogP contribution is 2.30. The minimum absolute atomic E-state index is 0.0604. The number of aromatic nitrogens is 3. The van der Waals surface area contributed by atoms with Crippen LogP contribution >= 0.6 is 11.6 Å². The first-order chi connectivity index (χ1) is 8.04. The number of hydrogen-bond donors (Lipinski definition) is 0. The Morgan fingerprint density at radius 2 is 1.76 bits per heavy atom. The molecule has 0 saturated heterocycles. The molecule has 0 amide bonds. The van der Waals surface area contributed by atoms with Crippen molar-refractivity contribution >= 4 is 11.6 Å². The fourth-order valence-corrected chi connectivity index (χ4v) is 1.61. The third-order valence-corrected chi connectivity index (χ3v) is 2.36. The lowest BCUT2D eigenvalue weighted by Crippen LogP contribution is -2.15. The van der Waals surface area contributed by atoms with E-state index in [0.29, 0.717) is 5.69 Å². The van der Waals surface area contributed by atoms with E-state index in [0.717, 1.165) is 4.57 Å². The Hall–Kier alpha value is -1.56. The van der Waals surface area contributed by atoms with Crippen LogP contribution in [0.4, 0.5) is 13.2 Å². The minimum atomic E-state index is -4.56. The van der Waals surface area contributed by atoms with Crippen LogP contribution < -0.4 is 0 Å². The quantitative estimate of drug-likeness (QED) is 0.778. The van der Waals surface area contributed by atoms with Gasteiger partial charge in [-0.2, -0.15) is 13.2 Å². The Labute approximate surface area is 99.8 Å². The van der Waals surface area contributed by atoms with Crippen molar-refractivity contribution in [2.45, 2.75) is 12.1 Å². The maximum atomic E-state index is 12.7. The Kier molecular flexibility index (Phi) is 3.06. The van der Waals surface area contributed by atoms with Gasteiger partial charge in [0.2, 0.25) is 5.82 Å². The summed E-state index contributed by atoms with van der Waals surface area (Å²) >= 11 is 5.55. The second-order valence-electron chi connectivity index (χ2n) is 3.24. The van der Waals surface area contributed by atoms with E-state index in [-0.39, 0.29) is 11.7 Å². The van der Waals surface area contributed by atoms with E-state index < -0.39 is 12.0 Å². The molecule has 1 aromatic heterocycles. The second-order valence-corrected chi connectivity index (χ2v) is 3.51. The standard InChI is InChI=1S/C10H7ClF3N3/c11-6-8-15-16-9(10(12,13)14)17(8)7-4-2-1-3-5-7/h1-5H,6H2. The molecule has 2 aromatic rings. The Morgan fingerprint density at radius 3 is 2.29 bits per heavy atom. The molecule has 0 aliphatic rings. The molecule has 2 rings (SSSR count). The van der Waals surface area contributed by atoms with Crippen molar-refractivity contribution in [3.63, 3.8) is 0 Å². The predicted octanol–water partition coefficient (Wildman–Crippen LogP) is 3.02. The summed E-state index contributed by atoms with van der Waals surface area (Å²) in [5.74, 6) is -1.15. The number of hydrogen-bond acceptors (Lipinski definition) is 2. The highest BCUT2D eigenvalue weighted by molar-refractivity contribution is 6.16. The normalized spacial score (nSPS) is 11.8. The Bertz CT molecular complexity index is 507. The van der Waals surface area contributed by atoms with Gasteiger partial charge >= 0.3 is 6.18 Å². The summed E-state index contributed by atoms with van der Waals surface area (Å²) in [5.41, 5.74) is 0.334. The van der Waals surface area contributed by atoms with Gasteiger partial charge in [-0.3, -0.25) is 4.57 Å². The van der Waals surface area contributed by atoms with E-state index in [1.165, 1.54) is 12.1 Å². The molecule has 0 saturated carbocycles. The van der Waals surface area contributed by atoms with Crippen molar-refractivity contribution in [3.8, 4) is 5.69 Å². The first-order valence-corrected chi connectivity index (χ1v) is 5.20. The Balaban J connectivity index is 2.62. The molecule has 3 nitrogen and oxygen atoms in total. The van der Waals surface area contributed by atoms with Gasteiger partial charge in [0.05, 0.1) is 5.88 Å². The molecule has 0 fully saturated rings. The fourth-order valence-electron chi connectivity index (χ4n) is 1.44. The first-order valence-electron chi connectivity index (χ1n) is 4.67. The molecule has 0 aliphatic carbocycles. The van der Waals surface area contributed by atoms with E-state index in [9.17, 15) is 13.2 Å². The van der Waals surface area contributed by atoms with Crippen LogP contribution in [-0.2, 0) is 12.1 Å². The van der Waals surface area contributed by atoms with Gasteiger partial charge in [-0.1, -0.05) is 18.2 Å². The van der Waals surface area contributed by atoms with Crippen molar-refractivity contribution in [1.29, 1.82) is 0 Å². The zero-order valence-corrected chi connectivity index (χ0v) is 9.20. The summed E-state index contributed by atoms with van der Waals surface area (Å²) in [6.07, 6.45) is -4.56. The van der Waals surface area contributed by atoms with Gasteiger partial charge in [-0.25, -0.2) is 0 Å². The molecule has 1 heterocycles. The lowest BCUT2D eigenvalue weighted by molar-refractivity contribution is -0.146. The fraction of sp³-hybridized carbons (Fsp3) is 0.200. The van der Waals surface area contributed by atoms with Crippen LogP contribution in [0.5, 0.6) is 0 Å².